The molecule has 0 bridgehead atoms. The first-order valence-electron chi connectivity index (χ1n) is 15.6. The molecule has 0 aliphatic rings. The Labute approximate surface area is 273 Å². The van der Waals surface area contributed by atoms with Crippen molar-refractivity contribution in [3.8, 4) is 39.1 Å². The molecule has 5 aromatic rings. The molecule has 0 aliphatic heterocycles. The van der Waals surface area contributed by atoms with E-state index in [-0.39, 0.29) is 40.7 Å². The van der Waals surface area contributed by atoms with Gasteiger partial charge in [-0.15, -0.1) is 0 Å². The minimum atomic E-state index is -4.57. The topological polar surface area (TPSA) is 9.23 Å². The Kier molecular flexibility index (Phi) is 10.9. The molecule has 5 aromatic carbocycles. The van der Waals surface area contributed by atoms with Crippen molar-refractivity contribution in [3.05, 3.63) is 137 Å². The number of hydrogen-bond donors (Lipinski definition) is 0. The van der Waals surface area contributed by atoms with Crippen molar-refractivity contribution in [2.24, 2.45) is 0 Å². The molecule has 250 valence electrons. The van der Waals surface area contributed by atoms with Crippen LogP contribution >= 0.6 is 0 Å². The van der Waals surface area contributed by atoms with Gasteiger partial charge in [-0.1, -0.05) is 74.4 Å². The molecule has 9 heteroatoms. The first kappa shape index (κ1) is 34.7. The number of aryl methyl sites for hydroxylation is 2. The van der Waals surface area contributed by atoms with Gasteiger partial charge >= 0.3 is 6.11 Å². The number of alkyl halides is 3. The maximum Gasteiger partial charge on any atom is 0.432 e. The van der Waals surface area contributed by atoms with Crippen LogP contribution in [0.5, 0.6) is 5.75 Å². The molecule has 48 heavy (non-hydrogen) atoms. The Morgan fingerprint density at radius 2 is 1.12 bits per heavy atom. The van der Waals surface area contributed by atoms with Crippen molar-refractivity contribution in [2.45, 2.75) is 51.6 Å². The molecule has 0 amide bonds. The Balaban J connectivity index is 1.34. The lowest BCUT2D eigenvalue weighted by Crippen LogP contribution is -2.25. The van der Waals surface area contributed by atoms with E-state index in [1.165, 1.54) is 29.8 Å². The quantitative estimate of drug-likeness (QED) is 0.0896. The average Bonchev–Trinajstić information content (AvgIpc) is 3.04. The van der Waals surface area contributed by atoms with Gasteiger partial charge in [0.25, 0.3) is 0 Å². The summed E-state index contributed by atoms with van der Waals surface area (Å²) in [6.45, 7) is 1.45. The fourth-order valence-corrected chi connectivity index (χ4v) is 5.55. The van der Waals surface area contributed by atoms with Gasteiger partial charge in [0.1, 0.15) is 40.4 Å². The minimum Gasteiger partial charge on any atom is -0.429 e. The number of ether oxygens (including phenoxy) is 1. The number of unbranched alkanes of at least 4 members (excludes halogenated alkanes) is 2. The summed E-state index contributed by atoms with van der Waals surface area (Å²) in [5, 5.41) is 0. The first-order chi connectivity index (χ1) is 23.0. The van der Waals surface area contributed by atoms with E-state index in [0.29, 0.717) is 23.8 Å². The fraction of sp³-hybridized carbons (Fsp3) is 0.231. The van der Waals surface area contributed by atoms with Crippen molar-refractivity contribution in [1.29, 1.82) is 0 Å². The second kappa shape index (κ2) is 15.0. The van der Waals surface area contributed by atoms with Crippen LogP contribution in [0, 0.1) is 29.1 Å². The summed E-state index contributed by atoms with van der Waals surface area (Å²) < 4.78 is 121. The van der Waals surface area contributed by atoms with E-state index in [1.807, 2.05) is 24.3 Å². The number of halogens is 8. The first-order valence-corrected chi connectivity index (χ1v) is 15.6. The predicted molar refractivity (Wildman–Crippen MR) is 171 cm³/mol. The van der Waals surface area contributed by atoms with Crippen LogP contribution in [0.3, 0.4) is 0 Å². The zero-order valence-corrected chi connectivity index (χ0v) is 26.0. The Hall–Kier alpha value is -4.66. The maximum absolute atomic E-state index is 15.3. The van der Waals surface area contributed by atoms with Crippen LogP contribution in [-0.4, -0.2) is 6.67 Å². The van der Waals surface area contributed by atoms with E-state index >= 15 is 8.78 Å². The third kappa shape index (κ3) is 7.89. The van der Waals surface area contributed by atoms with Crippen LogP contribution in [0.1, 0.15) is 49.3 Å². The highest BCUT2D eigenvalue weighted by atomic mass is 19.3. The third-order valence-electron chi connectivity index (χ3n) is 8.10. The molecule has 1 nitrogen and oxygen atoms in total. The van der Waals surface area contributed by atoms with Gasteiger partial charge in [0, 0.05) is 17.2 Å². The highest BCUT2D eigenvalue weighted by Crippen LogP contribution is 2.39. The van der Waals surface area contributed by atoms with E-state index in [4.69, 9.17) is 0 Å². The van der Waals surface area contributed by atoms with Crippen LogP contribution < -0.4 is 4.74 Å². The van der Waals surface area contributed by atoms with Gasteiger partial charge < -0.3 is 4.74 Å². The minimum absolute atomic E-state index is 0.0245. The average molecular weight is 669 g/mol. The second-order valence-corrected chi connectivity index (χ2v) is 11.5. The maximum atomic E-state index is 15.3. The highest BCUT2D eigenvalue weighted by molar-refractivity contribution is 5.74. The summed E-state index contributed by atoms with van der Waals surface area (Å²) in [6, 6.07) is 19.7. The molecule has 0 spiro atoms. The van der Waals surface area contributed by atoms with Gasteiger partial charge in [-0.05, 0) is 89.4 Å². The molecule has 0 atom stereocenters. The van der Waals surface area contributed by atoms with Gasteiger partial charge in [0.2, 0.25) is 0 Å². The van der Waals surface area contributed by atoms with Crippen molar-refractivity contribution in [1.82, 2.24) is 0 Å². The lowest BCUT2D eigenvalue weighted by Gasteiger charge is -2.20. The number of rotatable bonds is 13. The highest BCUT2D eigenvalue weighted by Gasteiger charge is 2.41. The molecule has 0 radical (unpaired) electrons. The van der Waals surface area contributed by atoms with E-state index in [9.17, 15) is 26.3 Å². The largest absolute Gasteiger partial charge is 0.432 e. The molecule has 5 rings (SSSR count). The van der Waals surface area contributed by atoms with Crippen LogP contribution in [0.15, 0.2) is 91.0 Å². The lowest BCUT2D eigenvalue weighted by molar-refractivity contribution is -0.189. The van der Waals surface area contributed by atoms with Gasteiger partial charge in [-0.3, -0.25) is 4.39 Å². The number of benzene rings is 5. The Morgan fingerprint density at radius 3 is 1.73 bits per heavy atom. The summed E-state index contributed by atoms with van der Waals surface area (Å²) in [5.41, 5.74) is 0.525. The molecular formula is C39H32F8O. The van der Waals surface area contributed by atoms with Gasteiger partial charge in [-0.2, -0.15) is 8.78 Å². The molecule has 0 fully saturated rings. The van der Waals surface area contributed by atoms with Crippen molar-refractivity contribution in [3.63, 3.8) is 0 Å². The Morgan fingerprint density at radius 1 is 0.542 bits per heavy atom. The van der Waals surface area contributed by atoms with Crippen molar-refractivity contribution in [2.75, 3.05) is 6.67 Å². The molecule has 0 aromatic heterocycles. The lowest BCUT2D eigenvalue weighted by atomic mass is 9.96. The normalized spacial score (nSPS) is 11.6. The van der Waals surface area contributed by atoms with Crippen molar-refractivity contribution < 1.29 is 39.9 Å². The van der Waals surface area contributed by atoms with Crippen molar-refractivity contribution >= 4 is 0 Å². The fourth-order valence-electron chi connectivity index (χ4n) is 5.55. The number of hydrogen-bond acceptors (Lipinski definition) is 1. The van der Waals surface area contributed by atoms with Gasteiger partial charge in [-0.25, -0.2) is 22.0 Å². The standard InChI is InChI=1S/C39H32F8O/c1-2-3-4-6-24-8-10-25(11-9-24)27-13-16-31(34(42)19-27)28-14-17-32(35(43)20-28)29-21-36(44)38(37(45)22-29)39(46,47)48-30-15-12-26(7-5-18-40)33(41)23-30/h8-17,19-23H,2-7,18H2,1H3. The third-order valence-corrected chi connectivity index (χ3v) is 8.10. The molecule has 0 N–H and O–H groups in total. The summed E-state index contributed by atoms with van der Waals surface area (Å²) in [6.07, 6.45) is -0.173. The van der Waals surface area contributed by atoms with Crippen LogP contribution in [0.25, 0.3) is 33.4 Å². The molecular weight excluding hydrogens is 636 g/mol. The van der Waals surface area contributed by atoms with E-state index in [0.717, 1.165) is 49.4 Å². The molecule has 0 heterocycles. The van der Waals surface area contributed by atoms with Crippen LogP contribution in [0.4, 0.5) is 35.1 Å². The predicted octanol–water partition coefficient (Wildman–Crippen LogP) is 12.1. The molecule has 0 saturated heterocycles. The SMILES string of the molecule is CCCCCc1ccc(-c2ccc(-c3ccc(-c4cc(F)c(C(F)(F)Oc5ccc(CCCF)c(F)c5)c(F)c4)c(F)c3)c(F)c2)cc1. The second-order valence-electron chi connectivity index (χ2n) is 11.5. The smallest absolute Gasteiger partial charge is 0.429 e. The van der Waals surface area contributed by atoms with Gasteiger partial charge in [0.05, 0.1) is 6.67 Å². The van der Waals surface area contributed by atoms with E-state index in [2.05, 4.69) is 11.7 Å². The summed E-state index contributed by atoms with van der Waals surface area (Å²) in [4.78, 5) is 0. The van der Waals surface area contributed by atoms with Crippen LogP contribution in [0.2, 0.25) is 0 Å². The molecule has 0 aliphatic carbocycles. The zero-order valence-electron chi connectivity index (χ0n) is 26.0. The van der Waals surface area contributed by atoms with Crippen LogP contribution in [-0.2, 0) is 19.0 Å². The summed E-state index contributed by atoms with van der Waals surface area (Å²) in [7, 11) is 0. The summed E-state index contributed by atoms with van der Waals surface area (Å²) >= 11 is 0. The van der Waals surface area contributed by atoms with E-state index in [1.54, 1.807) is 6.07 Å². The Bertz CT molecular complexity index is 1860. The monoisotopic (exact) mass is 668 g/mol. The summed E-state index contributed by atoms with van der Waals surface area (Å²) in [5.74, 6) is -6.67. The zero-order chi connectivity index (χ0) is 34.4. The molecule has 0 saturated carbocycles. The van der Waals surface area contributed by atoms with Gasteiger partial charge in [0.15, 0.2) is 0 Å². The van der Waals surface area contributed by atoms with E-state index < -0.39 is 53.2 Å². The molecule has 0 unspecified atom stereocenters.